The van der Waals surface area contributed by atoms with Crippen LogP contribution in [0.5, 0.6) is 0 Å². The third kappa shape index (κ3) is 2.38. The Bertz CT molecular complexity index is 315. The van der Waals surface area contributed by atoms with Crippen LogP contribution in [0.4, 0.5) is 0 Å². The smallest absolute Gasteiger partial charge is 0.0713 e. The van der Waals surface area contributed by atoms with Crippen molar-refractivity contribution in [1.29, 1.82) is 5.26 Å². The van der Waals surface area contributed by atoms with Gasteiger partial charge in [0.25, 0.3) is 0 Å². The number of hydrogen-bond acceptors (Lipinski definition) is 3. The summed E-state index contributed by atoms with van der Waals surface area (Å²) in [6.07, 6.45) is 10.8. The van der Waals surface area contributed by atoms with Crippen molar-refractivity contribution >= 4 is 0 Å². The summed E-state index contributed by atoms with van der Waals surface area (Å²) in [4.78, 5) is 0. The van der Waals surface area contributed by atoms with Gasteiger partial charge in [0, 0.05) is 12.0 Å². The lowest BCUT2D eigenvalue weighted by atomic mass is 9.81. The van der Waals surface area contributed by atoms with Crippen molar-refractivity contribution in [2.75, 3.05) is 6.54 Å². The summed E-state index contributed by atoms with van der Waals surface area (Å²) < 4.78 is 5.90. The monoisotopic (exact) mass is 218 g/mol. The molecule has 0 bridgehead atoms. The number of nitriles is 1. The highest BCUT2D eigenvalue weighted by Gasteiger charge is 2.41. The quantitative estimate of drug-likeness (QED) is 0.729. The van der Waals surface area contributed by atoms with Crippen LogP contribution in [0.25, 0.3) is 0 Å². The van der Waals surface area contributed by atoms with E-state index in [-0.39, 0.29) is 6.10 Å². The predicted molar refractivity (Wildman–Crippen MR) is 61.5 cm³/mol. The molecule has 0 aromatic heterocycles. The molecule has 1 aliphatic carbocycles. The second-order valence-corrected chi connectivity index (χ2v) is 4.68. The number of ether oxygens (including phenoxy) is 1. The van der Waals surface area contributed by atoms with Crippen molar-refractivity contribution < 1.29 is 4.74 Å². The van der Waals surface area contributed by atoms with Crippen LogP contribution in [-0.4, -0.2) is 24.8 Å². The molecule has 0 aromatic carbocycles. The summed E-state index contributed by atoms with van der Waals surface area (Å²) in [5.41, 5.74) is 0. The van der Waals surface area contributed by atoms with Gasteiger partial charge in [-0.05, 0) is 25.7 Å². The molecule has 1 saturated carbocycles. The van der Waals surface area contributed by atoms with Crippen LogP contribution in [0.15, 0.2) is 0 Å². The number of nitrogens with zero attached hydrogens (tertiary/aromatic N) is 1. The molecule has 86 valence electrons. The number of fused-ring (bicyclic) bond motifs is 1. The van der Waals surface area contributed by atoms with Crippen molar-refractivity contribution in [3.8, 4) is 18.4 Å². The Balaban J connectivity index is 1.93. The van der Waals surface area contributed by atoms with Crippen molar-refractivity contribution in [2.45, 2.75) is 50.4 Å². The molecule has 3 nitrogen and oxygen atoms in total. The Hall–Kier alpha value is -1.03. The van der Waals surface area contributed by atoms with Crippen LogP contribution in [0.3, 0.4) is 0 Å². The first-order chi connectivity index (χ1) is 7.85. The Morgan fingerprint density at radius 2 is 2.31 bits per heavy atom. The maximum atomic E-state index is 8.70. The van der Waals surface area contributed by atoms with Crippen LogP contribution in [0.1, 0.15) is 32.1 Å². The first-order valence-corrected chi connectivity index (χ1v) is 6.04. The third-order valence-corrected chi connectivity index (χ3v) is 3.69. The molecule has 1 saturated heterocycles. The van der Waals surface area contributed by atoms with E-state index in [4.69, 9.17) is 16.4 Å². The lowest BCUT2D eigenvalue weighted by Crippen LogP contribution is -2.43. The van der Waals surface area contributed by atoms with Gasteiger partial charge in [-0.3, -0.25) is 0 Å². The van der Waals surface area contributed by atoms with E-state index in [0.29, 0.717) is 31.0 Å². The average molecular weight is 218 g/mol. The standard InChI is InChI=1S/C13H18N2O/c1-2-8-15-12-4-3-5-13-11(12)9-10(16-13)6-7-14/h1,10-13,15H,3-6,8-9H2. The second-order valence-electron chi connectivity index (χ2n) is 4.68. The fourth-order valence-electron chi connectivity index (χ4n) is 2.99. The van der Waals surface area contributed by atoms with Crippen molar-refractivity contribution in [3.05, 3.63) is 0 Å². The molecule has 0 amide bonds. The minimum absolute atomic E-state index is 0.147. The van der Waals surface area contributed by atoms with Crippen LogP contribution in [-0.2, 0) is 4.74 Å². The molecule has 1 N–H and O–H groups in total. The molecule has 1 heterocycles. The molecule has 0 aromatic rings. The molecule has 4 unspecified atom stereocenters. The summed E-state index contributed by atoms with van der Waals surface area (Å²) in [5.74, 6) is 3.18. The molecule has 2 fully saturated rings. The van der Waals surface area contributed by atoms with Gasteiger partial charge >= 0.3 is 0 Å². The molecule has 2 rings (SSSR count). The van der Waals surface area contributed by atoms with Crippen molar-refractivity contribution in [2.24, 2.45) is 5.92 Å². The van der Waals surface area contributed by atoms with E-state index in [2.05, 4.69) is 17.3 Å². The number of rotatable bonds is 3. The lowest BCUT2D eigenvalue weighted by molar-refractivity contribution is 0.0144. The maximum Gasteiger partial charge on any atom is 0.0713 e. The summed E-state index contributed by atoms with van der Waals surface area (Å²) in [7, 11) is 0. The predicted octanol–water partition coefficient (Wildman–Crippen LogP) is 1.45. The largest absolute Gasteiger partial charge is 0.374 e. The van der Waals surface area contributed by atoms with Gasteiger partial charge in [-0.25, -0.2) is 0 Å². The normalized spacial score (nSPS) is 37.4. The molecule has 2 aliphatic rings. The van der Waals surface area contributed by atoms with Gasteiger partial charge in [-0.15, -0.1) is 6.42 Å². The molecular weight excluding hydrogens is 200 g/mol. The van der Waals surface area contributed by atoms with E-state index < -0.39 is 0 Å². The number of hydrogen-bond donors (Lipinski definition) is 1. The van der Waals surface area contributed by atoms with E-state index in [1.807, 2.05) is 0 Å². The maximum absolute atomic E-state index is 8.70. The van der Waals surface area contributed by atoms with Crippen molar-refractivity contribution in [1.82, 2.24) is 5.32 Å². The summed E-state index contributed by atoms with van der Waals surface area (Å²) in [6.45, 7) is 0.636. The van der Waals surface area contributed by atoms with Crippen LogP contribution in [0.2, 0.25) is 0 Å². The van der Waals surface area contributed by atoms with E-state index in [0.717, 1.165) is 12.8 Å². The van der Waals surface area contributed by atoms with E-state index in [9.17, 15) is 0 Å². The zero-order chi connectivity index (χ0) is 11.4. The molecule has 0 spiro atoms. The Labute approximate surface area is 97.2 Å². The first kappa shape index (κ1) is 11.5. The van der Waals surface area contributed by atoms with Crippen molar-refractivity contribution in [3.63, 3.8) is 0 Å². The molecule has 1 aliphatic heterocycles. The summed E-state index contributed by atoms with van der Waals surface area (Å²) in [6, 6.07) is 2.68. The minimum atomic E-state index is 0.147. The van der Waals surface area contributed by atoms with E-state index in [1.54, 1.807) is 0 Å². The SMILES string of the molecule is C#CCNC1CCCC2OC(CC#N)CC12. The van der Waals surface area contributed by atoms with Gasteiger partial charge in [0.1, 0.15) is 0 Å². The second kappa shape index (κ2) is 5.34. The average Bonchev–Trinajstić information content (AvgIpc) is 2.69. The molecule has 4 atom stereocenters. The summed E-state index contributed by atoms with van der Waals surface area (Å²) in [5, 5.41) is 12.1. The van der Waals surface area contributed by atoms with Gasteiger partial charge in [-0.2, -0.15) is 5.26 Å². The molecular formula is C13H18N2O. The minimum Gasteiger partial charge on any atom is -0.374 e. The Morgan fingerprint density at radius 3 is 3.06 bits per heavy atom. The lowest BCUT2D eigenvalue weighted by Gasteiger charge is -2.32. The Morgan fingerprint density at radius 1 is 1.44 bits per heavy atom. The highest BCUT2D eigenvalue weighted by molar-refractivity contribution is 4.98. The van der Waals surface area contributed by atoms with Crippen LogP contribution >= 0.6 is 0 Å². The zero-order valence-electron chi connectivity index (χ0n) is 9.48. The first-order valence-electron chi connectivity index (χ1n) is 6.04. The van der Waals surface area contributed by atoms with Gasteiger partial charge in [-0.1, -0.05) is 5.92 Å². The topological polar surface area (TPSA) is 45.0 Å². The number of terminal acetylenes is 1. The van der Waals surface area contributed by atoms with Gasteiger partial charge < -0.3 is 10.1 Å². The fourth-order valence-corrected chi connectivity index (χ4v) is 2.99. The van der Waals surface area contributed by atoms with Crippen LogP contribution in [0, 0.1) is 29.6 Å². The zero-order valence-corrected chi connectivity index (χ0v) is 9.48. The van der Waals surface area contributed by atoms with Gasteiger partial charge in [0.05, 0.1) is 31.2 Å². The third-order valence-electron chi connectivity index (χ3n) is 3.69. The molecule has 16 heavy (non-hydrogen) atoms. The highest BCUT2D eigenvalue weighted by Crippen LogP contribution is 2.38. The summed E-state index contributed by atoms with van der Waals surface area (Å²) >= 11 is 0. The number of nitrogens with one attached hydrogen (secondary N) is 1. The van der Waals surface area contributed by atoms with Crippen LogP contribution < -0.4 is 5.32 Å². The fraction of sp³-hybridized carbons (Fsp3) is 0.769. The molecule has 0 radical (unpaired) electrons. The van der Waals surface area contributed by atoms with E-state index >= 15 is 0 Å². The molecule has 3 heteroatoms. The van der Waals surface area contributed by atoms with E-state index in [1.165, 1.54) is 12.8 Å². The highest BCUT2D eigenvalue weighted by atomic mass is 16.5. The van der Waals surface area contributed by atoms with Gasteiger partial charge in [0.15, 0.2) is 0 Å². The Kier molecular flexibility index (Phi) is 3.83. The van der Waals surface area contributed by atoms with Gasteiger partial charge in [0.2, 0.25) is 0 Å².